The fourth-order valence-corrected chi connectivity index (χ4v) is 2.61. The van der Waals surface area contributed by atoms with E-state index in [2.05, 4.69) is 10.6 Å². The zero-order valence-corrected chi connectivity index (χ0v) is 16.3. The van der Waals surface area contributed by atoms with Crippen LogP contribution in [0.25, 0.3) is 0 Å². The average Bonchev–Trinajstić information content (AvgIpc) is 2.66. The predicted molar refractivity (Wildman–Crippen MR) is 110 cm³/mol. The van der Waals surface area contributed by atoms with Gasteiger partial charge in [0, 0.05) is 37.1 Å². The van der Waals surface area contributed by atoms with Crippen LogP contribution in [0.2, 0.25) is 0 Å². The number of benzene rings is 2. The molecule has 2 N–H and O–H groups in total. The van der Waals surface area contributed by atoms with Crippen molar-refractivity contribution >= 4 is 23.2 Å². The second-order valence-corrected chi connectivity index (χ2v) is 6.59. The van der Waals surface area contributed by atoms with Crippen LogP contribution < -0.4 is 10.6 Å². The minimum atomic E-state index is -0.341. The van der Waals surface area contributed by atoms with Gasteiger partial charge in [-0.3, -0.25) is 9.59 Å². The van der Waals surface area contributed by atoms with Crippen molar-refractivity contribution in [1.82, 2.24) is 4.90 Å². The van der Waals surface area contributed by atoms with Crippen molar-refractivity contribution in [2.75, 3.05) is 10.6 Å². The van der Waals surface area contributed by atoms with Gasteiger partial charge in [-0.1, -0.05) is 36.4 Å². The Kier molecular flexibility index (Phi) is 7.35. The maximum atomic E-state index is 12.9. The van der Waals surface area contributed by atoms with Gasteiger partial charge < -0.3 is 15.5 Å². The van der Waals surface area contributed by atoms with Gasteiger partial charge in [-0.15, -0.1) is 0 Å². The van der Waals surface area contributed by atoms with Crippen LogP contribution in [0.4, 0.5) is 11.4 Å². The quantitative estimate of drug-likeness (QED) is 0.567. The van der Waals surface area contributed by atoms with Gasteiger partial charge in [0.05, 0.1) is 0 Å². The third kappa shape index (κ3) is 5.99. The van der Waals surface area contributed by atoms with E-state index in [9.17, 15) is 14.9 Å². The Bertz CT molecular complexity index is 898. The molecule has 0 aromatic heterocycles. The molecule has 6 nitrogen and oxygen atoms in total. The van der Waals surface area contributed by atoms with Crippen molar-refractivity contribution in [3.63, 3.8) is 0 Å². The first kappa shape index (κ1) is 20.7. The smallest absolute Gasteiger partial charge is 0.266 e. The first-order valence-corrected chi connectivity index (χ1v) is 9.00. The lowest BCUT2D eigenvalue weighted by atomic mass is 10.1. The number of amides is 2. The lowest BCUT2D eigenvalue weighted by Crippen LogP contribution is -2.37. The average molecular weight is 376 g/mol. The Morgan fingerprint density at radius 1 is 1.11 bits per heavy atom. The van der Waals surface area contributed by atoms with Crippen LogP contribution in [0.15, 0.2) is 66.4 Å². The minimum Gasteiger partial charge on any atom is -0.360 e. The van der Waals surface area contributed by atoms with Gasteiger partial charge in [0.2, 0.25) is 5.91 Å². The minimum absolute atomic E-state index is 0.00885. The fourth-order valence-electron chi connectivity index (χ4n) is 2.61. The van der Waals surface area contributed by atoms with E-state index >= 15 is 0 Å². The number of nitrogens with zero attached hydrogens (tertiary/aromatic N) is 2. The first-order valence-electron chi connectivity index (χ1n) is 9.00. The molecule has 0 unspecified atom stereocenters. The lowest BCUT2D eigenvalue weighted by Gasteiger charge is -2.26. The molecule has 2 rings (SSSR count). The van der Waals surface area contributed by atoms with Crippen LogP contribution in [0, 0.1) is 11.3 Å². The second kappa shape index (κ2) is 9.93. The summed E-state index contributed by atoms with van der Waals surface area (Å²) in [6, 6.07) is 18.6. The maximum absolute atomic E-state index is 12.9. The molecule has 0 aliphatic carbocycles. The summed E-state index contributed by atoms with van der Waals surface area (Å²) in [6.07, 6.45) is 1.40. The molecular weight excluding hydrogens is 352 g/mol. The second-order valence-electron chi connectivity index (χ2n) is 6.59. The van der Waals surface area contributed by atoms with Gasteiger partial charge in [0.15, 0.2) is 0 Å². The molecule has 0 radical (unpaired) electrons. The number of carbonyl (C=O) groups excluding carboxylic acids is 2. The van der Waals surface area contributed by atoms with Crippen molar-refractivity contribution < 1.29 is 9.59 Å². The van der Waals surface area contributed by atoms with Crippen LogP contribution >= 0.6 is 0 Å². The highest BCUT2D eigenvalue weighted by Crippen LogP contribution is 2.17. The van der Waals surface area contributed by atoms with Crippen molar-refractivity contribution in [2.45, 2.75) is 33.4 Å². The van der Waals surface area contributed by atoms with Crippen LogP contribution in [-0.4, -0.2) is 22.8 Å². The third-order valence-corrected chi connectivity index (χ3v) is 4.00. The SMILES string of the molecule is CC(=O)Nc1cccc(N/C=C(/C#N)C(=O)N(Cc2ccccc2)C(C)C)c1. The van der Waals surface area contributed by atoms with Gasteiger partial charge in [-0.25, -0.2) is 0 Å². The Balaban J connectivity index is 2.16. The van der Waals surface area contributed by atoms with E-state index < -0.39 is 0 Å². The summed E-state index contributed by atoms with van der Waals surface area (Å²) in [4.78, 5) is 25.7. The molecule has 28 heavy (non-hydrogen) atoms. The number of anilines is 2. The molecule has 0 saturated carbocycles. The van der Waals surface area contributed by atoms with Crippen molar-refractivity contribution in [1.29, 1.82) is 5.26 Å². The van der Waals surface area contributed by atoms with E-state index in [0.29, 0.717) is 17.9 Å². The number of nitriles is 1. The molecule has 0 fully saturated rings. The Hall–Kier alpha value is -3.59. The highest BCUT2D eigenvalue weighted by atomic mass is 16.2. The molecule has 2 amide bonds. The van der Waals surface area contributed by atoms with Crippen molar-refractivity contribution in [3.8, 4) is 6.07 Å². The van der Waals surface area contributed by atoms with E-state index in [1.54, 1.807) is 29.2 Å². The van der Waals surface area contributed by atoms with Crippen LogP contribution in [0.5, 0.6) is 0 Å². The van der Waals surface area contributed by atoms with Crippen LogP contribution in [0.1, 0.15) is 26.3 Å². The monoisotopic (exact) mass is 376 g/mol. The van der Waals surface area contributed by atoms with Gasteiger partial charge in [-0.2, -0.15) is 5.26 Å². The van der Waals surface area contributed by atoms with Crippen LogP contribution in [0.3, 0.4) is 0 Å². The van der Waals surface area contributed by atoms with Gasteiger partial charge in [0.1, 0.15) is 11.6 Å². The molecule has 0 spiro atoms. The standard InChI is InChI=1S/C22H24N4O2/c1-16(2)26(15-18-8-5-4-6-9-18)22(28)19(13-23)14-24-20-10-7-11-21(12-20)25-17(3)27/h4-12,14,16,24H,15H2,1-3H3,(H,25,27)/b19-14-. The molecule has 0 saturated heterocycles. The molecule has 2 aromatic carbocycles. The van der Waals surface area contributed by atoms with Gasteiger partial charge in [0.25, 0.3) is 5.91 Å². The number of hydrogen-bond donors (Lipinski definition) is 2. The van der Waals surface area contributed by atoms with E-state index in [1.807, 2.05) is 50.2 Å². The van der Waals surface area contributed by atoms with E-state index in [0.717, 1.165) is 5.56 Å². The molecule has 2 aromatic rings. The number of hydrogen-bond acceptors (Lipinski definition) is 4. The van der Waals surface area contributed by atoms with E-state index in [4.69, 9.17) is 0 Å². The van der Waals surface area contributed by atoms with Gasteiger partial charge in [-0.05, 0) is 37.6 Å². The number of rotatable bonds is 7. The Labute approximate surface area is 165 Å². The normalized spacial score (nSPS) is 10.9. The summed E-state index contributed by atoms with van der Waals surface area (Å²) in [5.41, 5.74) is 2.29. The largest absolute Gasteiger partial charge is 0.360 e. The van der Waals surface area contributed by atoms with Crippen molar-refractivity contribution in [2.24, 2.45) is 0 Å². The summed E-state index contributed by atoms with van der Waals surface area (Å²) in [7, 11) is 0. The van der Waals surface area contributed by atoms with E-state index in [1.165, 1.54) is 13.1 Å². The zero-order valence-electron chi connectivity index (χ0n) is 16.3. The molecule has 144 valence electrons. The van der Waals surface area contributed by atoms with Crippen molar-refractivity contribution in [3.05, 3.63) is 71.9 Å². The van der Waals surface area contributed by atoms with Gasteiger partial charge >= 0.3 is 0 Å². The predicted octanol–water partition coefficient (Wildman–Crippen LogP) is 3.90. The number of carbonyl (C=O) groups is 2. The molecule has 0 aliphatic heterocycles. The molecule has 6 heteroatoms. The number of nitrogens with one attached hydrogen (secondary N) is 2. The maximum Gasteiger partial charge on any atom is 0.266 e. The molecule has 0 atom stereocenters. The third-order valence-electron chi connectivity index (χ3n) is 4.00. The lowest BCUT2D eigenvalue weighted by molar-refractivity contribution is -0.129. The highest BCUT2D eigenvalue weighted by molar-refractivity contribution is 5.97. The molecular formula is C22H24N4O2. The van der Waals surface area contributed by atoms with E-state index in [-0.39, 0.29) is 23.4 Å². The summed E-state index contributed by atoms with van der Waals surface area (Å²) < 4.78 is 0. The summed E-state index contributed by atoms with van der Waals surface area (Å²) in [5, 5.41) is 15.1. The first-order chi connectivity index (χ1) is 13.4. The summed E-state index contributed by atoms with van der Waals surface area (Å²) >= 11 is 0. The van der Waals surface area contributed by atoms with Crippen LogP contribution in [-0.2, 0) is 16.1 Å². The zero-order chi connectivity index (χ0) is 20.5. The Morgan fingerprint density at radius 2 is 1.79 bits per heavy atom. The molecule has 0 bridgehead atoms. The molecule has 0 heterocycles. The molecule has 0 aliphatic rings. The topological polar surface area (TPSA) is 85.2 Å². The summed E-state index contributed by atoms with van der Waals surface area (Å²) in [6.45, 7) is 5.69. The highest BCUT2D eigenvalue weighted by Gasteiger charge is 2.21. The summed E-state index contributed by atoms with van der Waals surface area (Å²) in [5.74, 6) is -0.513. The fraction of sp³-hybridized carbons (Fsp3) is 0.227. The Morgan fingerprint density at radius 3 is 2.39 bits per heavy atom.